The van der Waals surface area contributed by atoms with E-state index in [0.29, 0.717) is 17.5 Å². The van der Waals surface area contributed by atoms with Gasteiger partial charge in [0.25, 0.3) is 0 Å². The second-order valence-corrected chi connectivity index (χ2v) is 5.32. The minimum absolute atomic E-state index is 0.0521. The van der Waals surface area contributed by atoms with Crippen molar-refractivity contribution in [1.29, 1.82) is 0 Å². The lowest BCUT2D eigenvalue weighted by Gasteiger charge is -2.37. The van der Waals surface area contributed by atoms with E-state index in [1.54, 1.807) is 6.07 Å². The molecule has 0 amide bonds. The Labute approximate surface area is 106 Å². The Morgan fingerprint density at radius 3 is 2.50 bits per heavy atom. The highest BCUT2D eigenvalue weighted by atomic mass is 19.1. The minimum Gasteiger partial charge on any atom is -0.478 e. The van der Waals surface area contributed by atoms with Gasteiger partial charge in [-0.05, 0) is 36.5 Å². The van der Waals surface area contributed by atoms with Crippen molar-refractivity contribution >= 4 is 11.7 Å². The maximum Gasteiger partial charge on any atom is 0.337 e. The van der Waals surface area contributed by atoms with Crippen molar-refractivity contribution in [2.75, 3.05) is 18.0 Å². The van der Waals surface area contributed by atoms with Crippen LogP contribution in [-0.2, 0) is 0 Å². The number of carbonyl (C=O) groups is 1. The molecule has 1 aromatic rings. The fourth-order valence-corrected chi connectivity index (χ4v) is 2.81. The molecular formula is C14H18FNO2. The maximum atomic E-state index is 13.1. The lowest BCUT2D eigenvalue weighted by atomic mass is 9.91. The van der Waals surface area contributed by atoms with E-state index in [1.165, 1.54) is 6.07 Å². The molecule has 0 spiro atoms. The van der Waals surface area contributed by atoms with Gasteiger partial charge in [-0.1, -0.05) is 13.8 Å². The highest BCUT2D eigenvalue weighted by Crippen LogP contribution is 2.29. The number of benzene rings is 1. The molecule has 2 atom stereocenters. The zero-order chi connectivity index (χ0) is 13.3. The Morgan fingerprint density at radius 1 is 1.33 bits per heavy atom. The summed E-state index contributed by atoms with van der Waals surface area (Å²) >= 11 is 0. The third-order valence-corrected chi connectivity index (χ3v) is 3.40. The SMILES string of the molecule is CC1CC(C)CN(c2ccc(F)cc2C(=O)O)C1. The van der Waals surface area contributed by atoms with Crippen molar-refractivity contribution in [1.82, 2.24) is 0 Å². The average Bonchev–Trinajstić information content (AvgIpc) is 2.27. The van der Waals surface area contributed by atoms with E-state index in [0.717, 1.165) is 25.6 Å². The van der Waals surface area contributed by atoms with E-state index in [1.807, 2.05) is 0 Å². The van der Waals surface area contributed by atoms with E-state index in [9.17, 15) is 9.18 Å². The third kappa shape index (κ3) is 2.63. The average molecular weight is 251 g/mol. The van der Waals surface area contributed by atoms with Crippen molar-refractivity contribution in [3.8, 4) is 0 Å². The Balaban J connectivity index is 2.35. The van der Waals surface area contributed by atoms with E-state index in [-0.39, 0.29) is 5.56 Å². The Bertz CT molecular complexity index is 451. The molecule has 1 N–H and O–H groups in total. The van der Waals surface area contributed by atoms with Gasteiger partial charge in [-0.25, -0.2) is 9.18 Å². The Kier molecular flexibility index (Phi) is 3.55. The second kappa shape index (κ2) is 4.96. The van der Waals surface area contributed by atoms with Crippen LogP contribution in [0.5, 0.6) is 0 Å². The molecular weight excluding hydrogens is 233 g/mol. The summed E-state index contributed by atoms with van der Waals surface area (Å²) < 4.78 is 13.1. The molecule has 18 heavy (non-hydrogen) atoms. The predicted octanol–water partition coefficient (Wildman–Crippen LogP) is 3.01. The second-order valence-electron chi connectivity index (χ2n) is 5.32. The molecule has 0 bridgehead atoms. The topological polar surface area (TPSA) is 40.5 Å². The first kappa shape index (κ1) is 12.9. The summed E-state index contributed by atoms with van der Waals surface area (Å²) in [5.41, 5.74) is 0.679. The number of halogens is 1. The molecule has 0 aromatic heterocycles. The van der Waals surface area contributed by atoms with E-state index >= 15 is 0 Å². The molecule has 2 unspecified atom stereocenters. The van der Waals surface area contributed by atoms with E-state index in [2.05, 4.69) is 18.7 Å². The summed E-state index contributed by atoms with van der Waals surface area (Å²) in [6, 6.07) is 4.00. The highest BCUT2D eigenvalue weighted by Gasteiger charge is 2.25. The lowest BCUT2D eigenvalue weighted by Crippen LogP contribution is -2.39. The van der Waals surface area contributed by atoms with Crippen LogP contribution in [0.4, 0.5) is 10.1 Å². The van der Waals surface area contributed by atoms with Crippen LogP contribution in [0.1, 0.15) is 30.6 Å². The predicted molar refractivity (Wildman–Crippen MR) is 68.5 cm³/mol. The van der Waals surface area contributed by atoms with Crippen molar-refractivity contribution in [3.05, 3.63) is 29.6 Å². The zero-order valence-corrected chi connectivity index (χ0v) is 10.7. The maximum absolute atomic E-state index is 13.1. The van der Waals surface area contributed by atoms with Crippen molar-refractivity contribution in [3.63, 3.8) is 0 Å². The molecule has 1 aliphatic rings. The van der Waals surface area contributed by atoms with Crippen molar-refractivity contribution in [2.45, 2.75) is 20.3 Å². The number of rotatable bonds is 2. The van der Waals surface area contributed by atoms with Crippen LogP contribution < -0.4 is 4.90 Å². The zero-order valence-electron chi connectivity index (χ0n) is 10.7. The first-order chi connectivity index (χ1) is 8.47. The molecule has 98 valence electrons. The molecule has 4 heteroatoms. The molecule has 1 aliphatic heterocycles. The number of anilines is 1. The molecule has 0 aliphatic carbocycles. The fourth-order valence-electron chi connectivity index (χ4n) is 2.81. The molecule has 1 aromatic carbocycles. The van der Waals surface area contributed by atoms with Crippen LogP contribution in [0.3, 0.4) is 0 Å². The number of carboxylic acid groups (broad SMARTS) is 1. The molecule has 0 radical (unpaired) electrons. The van der Waals surface area contributed by atoms with Crippen LogP contribution >= 0.6 is 0 Å². The van der Waals surface area contributed by atoms with Crippen molar-refractivity contribution in [2.24, 2.45) is 11.8 Å². The number of piperidine rings is 1. The van der Waals surface area contributed by atoms with E-state index in [4.69, 9.17) is 5.11 Å². The summed E-state index contributed by atoms with van der Waals surface area (Å²) in [6.45, 7) is 5.98. The van der Waals surface area contributed by atoms with E-state index < -0.39 is 11.8 Å². The van der Waals surface area contributed by atoms with Crippen LogP contribution in [-0.4, -0.2) is 24.2 Å². The molecule has 2 rings (SSSR count). The van der Waals surface area contributed by atoms with Gasteiger partial charge in [0, 0.05) is 13.1 Å². The standard InChI is InChI=1S/C14H18FNO2/c1-9-5-10(2)8-16(7-9)13-4-3-11(15)6-12(13)14(17)18/h3-4,6,9-10H,5,7-8H2,1-2H3,(H,17,18). The molecule has 1 saturated heterocycles. The Hall–Kier alpha value is -1.58. The quantitative estimate of drug-likeness (QED) is 0.878. The molecule has 3 nitrogen and oxygen atoms in total. The third-order valence-electron chi connectivity index (χ3n) is 3.40. The summed E-state index contributed by atoms with van der Waals surface area (Å²) in [6.07, 6.45) is 1.15. The largest absolute Gasteiger partial charge is 0.478 e. The van der Waals surface area contributed by atoms with Gasteiger partial charge in [0.05, 0.1) is 11.3 Å². The first-order valence-corrected chi connectivity index (χ1v) is 6.25. The normalized spacial score (nSPS) is 24.1. The summed E-state index contributed by atoms with van der Waals surface area (Å²) in [7, 11) is 0. The summed E-state index contributed by atoms with van der Waals surface area (Å²) in [5, 5.41) is 9.16. The van der Waals surface area contributed by atoms with Crippen LogP contribution in [0.2, 0.25) is 0 Å². The number of nitrogens with zero attached hydrogens (tertiary/aromatic N) is 1. The minimum atomic E-state index is -1.07. The summed E-state index contributed by atoms with van der Waals surface area (Å²) in [4.78, 5) is 13.2. The van der Waals surface area contributed by atoms with Gasteiger partial charge < -0.3 is 10.0 Å². The van der Waals surface area contributed by atoms with Crippen LogP contribution in [0.15, 0.2) is 18.2 Å². The van der Waals surface area contributed by atoms with Gasteiger partial charge in [-0.15, -0.1) is 0 Å². The van der Waals surface area contributed by atoms with Crippen molar-refractivity contribution < 1.29 is 14.3 Å². The number of hydrogen-bond donors (Lipinski definition) is 1. The first-order valence-electron chi connectivity index (χ1n) is 6.25. The molecule has 1 fully saturated rings. The van der Waals surface area contributed by atoms with Gasteiger partial charge in [0.15, 0.2) is 0 Å². The lowest BCUT2D eigenvalue weighted by molar-refractivity contribution is 0.0696. The van der Waals surface area contributed by atoms with Gasteiger partial charge in [-0.3, -0.25) is 0 Å². The van der Waals surface area contributed by atoms with Gasteiger partial charge in [-0.2, -0.15) is 0 Å². The molecule has 0 saturated carbocycles. The van der Waals surface area contributed by atoms with Gasteiger partial charge in [0.2, 0.25) is 0 Å². The Morgan fingerprint density at radius 2 is 1.94 bits per heavy atom. The molecule has 1 heterocycles. The fraction of sp³-hybridized carbons (Fsp3) is 0.500. The van der Waals surface area contributed by atoms with Gasteiger partial charge >= 0.3 is 5.97 Å². The highest BCUT2D eigenvalue weighted by molar-refractivity contribution is 5.94. The van der Waals surface area contributed by atoms with Crippen LogP contribution in [0, 0.1) is 17.7 Å². The van der Waals surface area contributed by atoms with Gasteiger partial charge in [0.1, 0.15) is 5.82 Å². The summed E-state index contributed by atoms with van der Waals surface area (Å²) in [5.74, 6) is -0.523. The monoisotopic (exact) mass is 251 g/mol. The number of carboxylic acids is 1. The van der Waals surface area contributed by atoms with Crippen LogP contribution in [0.25, 0.3) is 0 Å². The number of aromatic carboxylic acids is 1. The smallest absolute Gasteiger partial charge is 0.337 e. The number of hydrogen-bond acceptors (Lipinski definition) is 2.